The topological polar surface area (TPSA) is 3.24 Å². The van der Waals surface area contributed by atoms with Crippen molar-refractivity contribution in [1.82, 2.24) is 4.90 Å². The number of aryl methyl sites for hydroxylation is 1. The first kappa shape index (κ1) is 12.2. The number of fused-ring (bicyclic) bond motifs is 1. The molecule has 1 heterocycles. The van der Waals surface area contributed by atoms with Crippen molar-refractivity contribution in [2.45, 2.75) is 39.2 Å². The molecule has 0 saturated carbocycles. The maximum atomic E-state index is 3.42. The van der Waals surface area contributed by atoms with Crippen LogP contribution in [0.3, 0.4) is 0 Å². The summed E-state index contributed by atoms with van der Waals surface area (Å²) in [4.78, 5) is 2.36. The quantitative estimate of drug-likeness (QED) is 0.665. The first-order chi connectivity index (χ1) is 8.22. The van der Waals surface area contributed by atoms with Gasteiger partial charge in [-0.2, -0.15) is 0 Å². The summed E-state index contributed by atoms with van der Waals surface area (Å²) in [5, 5.41) is 0. The molecule has 1 aromatic carbocycles. The summed E-state index contributed by atoms with van der Waals surface area (Å²) in [5.41, 5.74) is 4.25. The second-order valence-corrected chi connectivity index (χ2v) is 4.91. The van der Waals surface area contributed by atoms with E-state index in [2.05, 4.69) is 55.8 Å². The molecular weight excluding hydrogens is 206 g/mol. The number of nitrogens with zero attached hydrogens (tertiary/aromatic N) is 1. The van der Waals surface area contributed by atoms with Crippen LogP contribution in [0.5, 0.6) is 0 Å². The molecule has 0 fully saturated rings. The number of benzene rings is 1. The molecule has 1 aromatic rings. The molecule has 0 spiro atoms. The molecule has 0 bridgehead atoms. The lowest BCUT2D eigenvalue weighted by Crippen LogP contribution is -2.31. The molecule has 0 aliphatic carbocycles. The van der Waals surface area contributed by atoms with E-state index in [4.69, 9.17) is 0 Å². The van der Waals surface area contributed by atoms with Gasteiger partial charge in [0.05, 0.1) is 6.04 Å². The number of hydrogen-bond acceptors (Lipinski definition) is 1. The van der Waals surface area contributed by atoms with Crippen LogP contribution in [-0.2, 0) is 6.42 Å². The van der Waals surface area contributed by atoms with Gasteiger partial charge in [0, 0.05) is 13.0 Å². The molecule has 1 unspecified atom stereocenters. The molecule has 2 rings (SSSR count). The summed E-state index contributed by atoms with van der Waals surface area (Å²) in [6.07, 6.45) is 3.30. The molecule has 1 aliphatic rings. The fourth-order valence-corrected chi connectivity index (χ4v) is 2.36. The Labute approximate surface area is 105 Å². The minimum Gasteiger partial charge on any atom is -0.289 e. The van der Waals surface area contributed by atoms with Crippen LogP contribution in [0.2, 0.25) is 0 Å². The van der Waals surface area contributed by atoms with Crippen LogP contribution in [-0.4, -0.2) is 18.5 Å². The first-order valence-electron chi connectivity index (χ1n) is 6.50. The third-order valence-electron chi connectivity index (χ3n) is 3.38. The van der Waals surface area contributed by atoms with Gasteiger partial charge in [-0.25, -0.2) is 0 Å². The van der Waals surface area contributed by atoms with E-state index in [1.807, 2.05) is 0 Å². The lowest BCUT2D eigenvalue weighted by atomic mass is 9.92. The Morgan fingerprint density at radius 3 is 3.00 bits per heavy atom. The zero-order valence-corrected chi connectivity index (χ0v) is 11.1. The number of likely N-dealkylation sites (N-methyl/N-ethyl adjacent to an activating group) is 1. The molecule has 17 heavy (non-hydrogen) atoms. The zero-order chi connectivity index (χ0) is 12.3. The minimum absolute atomic E-state index is 0.297. The first-order valence-corrected chi connectivity index (χ1v) is 6.50. The van der Waals surface area contributed by atoms with Crippen LogP contribution >= 0.6 is 0 Å². The predicted octanol–water partition coefficient (Wildman–Crippen LogP) is 3.33. The second kappa shape index (κ2) is 5.38. The van der Waals surface area contributed by atoms with Gasteiger partial charge < -0.3 is 0 Å². The third kappa shape index (κ3) is 2.70. The standard InChI is InChI=1S/C16H21N/c1-4-5-6-7-16-15-9-8-13(2)12-14(15)10-11-17(16)3/h8-9,12,16H,4-5,10-11H2,1-3H3. The summed E-state index contributed by atoms with van der Waals surface area (Å²) in [6.45, 7) is 5.45. The van der Waals surface area contributed by atoms with Crippen LogP contribution in [0.4, 0.5) is 0 Å². The van der Waals surface area contributed by atoms with Gasteiger partial charge in [-0.15, -0.1) is 5.92 Å². The molecule has 90 valence electrons. The highest BCUT2D eigenvalue weighted by Gasteiger charge is 2.22. The van der Waals surface area contributed by atoms with E-state index in [9.17, 15) is 0 Å². The van der Waals surface area contributed by atoms with Gasteiger partial charge in [-0.05, 0) is 37.9 Å². The largest absolute Gasteiger partial charge is 0.289 e. The van der Waals surface area contributed by atoms with E-state index in [1.54, 1.807) is 0 Å². The highest BCUT2D eigenvalue weighted by atomic mass is 15.1. The molecule has 0 saturated heterocycles. The second-order valence-electron chi connectivity index (χ2n) is 4.91. The van der Waals surface area contributed by atoms with E-state index >= 15 is 0 Å². The molecule has 0 radical (unpaired) electrons. The van der Waals surface area contributed by atoms with Crippen LogP contribution in [0, 0.1) is 18.8 Å². The Hall–Kier alpha value is -1.26. The Morgan fingerprint density at radius 1 is 1.41 bits per heavy atom. The Kier molecular flexibility index (Phi) is 3.86. The van der Waals surface area contributed by atoms with Crippen molar-refractivity contribution >= 4 is 0 Å². The van der Waals surface area contributed by atoms with E-state index in [1.165, 1.54) is 16.7 Å². The van der Waals surface area contributed by atoms with Gasteiger partial charge in [-0.3, -0.25) is 4.90 Å². The number of rotatable bonds is 1. The van der Waals surface area contributed by atoms with Crippen molar-refractivity contribution in [3.05, 3.63) is 34.9 Å². The van der Waals surface area contributed by atoms with Gasteiger partial charge in [0.25, 0.3) is 0 Å². The number of unbranched alkanes of at least 4 members (excludes halogenated alkanes) is 1. The van der Waals surface area contributed by atoms with Crippen molar-refractivity contribution in [3.8, 4) is 11.8 Å². The average Bonchev–Trinajstić information content (AvgIpc) is 2.32. The van der Waals surface area contributed by atoms with Crippen molar-refractivity contribution in [2.75, 3.05) is 13.6 Å². The molecular formula is C16H21N. The fourth-order valence-electron chi connectivity index (χ4n) is 2.36. The Balaban J connectivity index is 2.31. The van der Waals surface area contributed by atoms with Gasteiger partial charge in [-0.1, -0.05) is 36.6 Å². The van der Waals surface area contributed by atoms with Crippen molar-refractivity contribution < 1.29 is 0 Å². The van der Waals surface area contributed by atoms with Crippen molar-refractivity contribution in [1.29, 1.82) is 0 Å². The van der Waals surface area contributed by atoms with Crippen LogP contribution in [0.25, 0.3) is 0 Å². The average molecular weight is 227 g/mol. The maximum absolute atomic E-state index is 3.42. The minimum atomic E-state index is 0.297. The zero-order valence-electron chi connectivity index (χ0n) is 11.1. The lowest BCUT2D eigenvalue weighted by Gasteiger charge is -2.31. The molecule has 1 aliphatic heterocycles. The molecule has 1 atom stereocenters. The van der Waals surface area contributed by atoms with E-state index in [0.29, 0.717) is 6.04 Å². The molecule has 0 N–H and O–H groups in total. The van der Waals surface area contributed by atoms with E-state index < -0.39 is 0 Å². The fraction of sp³-hybridized carbons (Fsp3) is 0.500. The van der Waals surface area contributed by atoms with Crippen molar-refractivity contribution in [3.63, 3.8) is 0 Å². The highest BCUT2D eigenvalue weighted by Crippen LogP contribution is 2.28. The van der Waals surface area contributed by atoms with Crippen molar-refractivity contribution in [2.24, 2.45) is 0 Å². The van der Waals surface area contributed by atoms with Gasteiger partial charge in [0.15, 0.2) is 0 Å². The summed E-state index contributed by atoms with van der Waals surface area (Å²) in [5.74, 6) is 6.72. The smallest absolute Gasteiger partial charge is 0.0971 e. The van der Waals surface area contributed by atoms with Gasteiger partial charge in [0.2, 0.25) is 0 Å². The van der Waals surface area contributed by atoms with Crippen LogP contribution < -0.4 is 0 Å². The molecule has 1 heteroatoms. The normalized spacial score (nSPS) is 19.4. The maximum Gasteiger partial charge on any atom is 0.0971 e. The Bertz CT molecular complexity index is 450. The molecule has 1 nitrogen and oxygen atoms in total. The lowest BCUT2D eigenvalue weighted by molar-refractivity contribution is 0.279. The molecule has 0 amide bonds. The summed E-state index contributed by atoms with van der Waals surface area (Å²) < 4.78 is 0. The Morgan fingerprint density at radius 2 is 2.24 bits per heavy atom. The van der Waals surface area contributed by atoms with Gasteiger partial charge >= 0.3 is 0 Å². The monoisotopic (exact) mass is 227 g/mol. The van der Waals surface area contributed by atoms with Crippen LogP contribution in [0.1, 0.15) is 42.5 Å². The van der Waals surface area contributed by atoms with Crippen LogP contribution in [0.15, 0.2) is 18.2 Å². The highest BCUT2D eigenvalue weighted by molar-refractivity contribution is 5.39. The summed E-state index contributed by atoms with van der Waals surface area (Å²) in [7, 11) is 2.17. The third-order valence-corrected chi connectivity index (χ3v) is 3.38. The summed E-state index contributed by atoms with van der Waals surface area (Å²) >= 11 is 0. The number of hydrogen-bond donors (Lipinski definition) is 0. The predicted molar refractivity (Wildman–Crippen MR) is 72.9 cm³/mol. The van der Waals surface area contributed by atoms with E-state index in [-0.39, 0.29) is 0 Å². The SMILES string of the molecule is CCCC#CC1c2ccc(C)cc2CCN1C. The molecule has 0 aromatic heterocycles. The van der Waals surface area contributed by atoms with E-state index in [0.717, 1.165) is 25.8 Å². The summed E-state index contributed by atoms with van der Waals surface area (Å²) in [6, 6.07) is 7.07. The van der Waals surface area contributed by atoms with Gasteiger partial charge in [0.1, 0.15) is 0 Å².